The molecule has 0 radical (unpaired) electrons. The largest absolute Gasteiger partial charge is 0.396 e. The molecule has 20 heavy (non-hydrogen) atoms. The molecule has 1 aromatic rings. The van der Waals surface area contributed by atoms with Crippen molar-refractivity contribution in [1.82, 2.24) is 14.7 Å². The summed E-state index contributed by atoms with van der Waals surface area (Å²) in [4.78, 5) is 2.52. The van der Waals surface area contributed by atoms with E-state index in [2.05, 4.69) is 23.8 Å². The van der Waals surface area contributed by atoms with Gasteiger partial charge in [-0.2, -0.15) is 5.10 Å². The maximum Gasteiger partial charge on any atom is 0.0644 e. The van der Waals surface area contributed by atoms with Crippen molar-refractivity contribution in [3.63, 3.8) is 0 Å². The van der Waals surface area contributed by atoms with E-state index in [4.69, 9.17) is 10.2 Å². The predicted molar refractivity (Wildman–Crippen MR) is 78.5 cm³/mol. The van der Waals surface area contributed by atoms with Crippen LogP contribution in [-0.4, -0.2) is 50.7 Å². The van der Waals surface area contributed by atoms with Crippen molar-refractivity contribution in [1.29, 1.82) is 0 Å². The predicted octanol–water partition coefficient (Wildman–Crippen LogP) is 1.23. The topological polar surface area (TPSA) is 61.5 Å². The Balaban J connectivity index is 2.05. The average molecular weight is 281 g/mol. The third-order valence-electron chi connectivity index (χ3n) is 4.40. The van der Waals surface area contributed by atoms with E-state index in [1.165, 1.54) is 24.1 Å². The summed E-state index contributed by atoms with van der Waals surface area (Å²) < 4.78 is 1.91. The summed E-state index contributed by atoms with van der Waals surface area (Å²) in [5.41, 5.74) is 3.54. The van der Waals surface area contributed by atoms with Crippen molar-refractivity contribution in [3.8, 4) is 0 Å². The Labute approximate surface area is 121 Å². The highest BCUT2D eigenvalue weighted by Gasteiger charge is 2.25. The molecule has 2 heterocycles. The molecule has 0 aromatic carbocycles. The molecule has 1 saturated heterocycles. The van der Waals surface area contributed by atoms with Crippen LogP contribution in [0.4, 0.5) is 0 Å². The maximum absolute atomic E-state index is 9.07. The molecule has 1 aliphatic rings. The molecule has 1 aromatic heterocycles. The van der Waals surface area contributed by atoms with Crippen LogP contribution in [0.15, 0.2) is 0 Å². The summed E-state index contributed by atoms with van der Waals surface area (Å²) in [5, 5.41) is 22.6. The fraction of sp³-hybridized carbons (Fsp3) is 0.800. The highest BCUT2D eigenvalue weighted by atomic mass is 16.3. The molecule has 1 fully saturated rings. The highest BCUT2D eigenvalue weighted by molar-refractivity contribution is 5.24. The lowest BCUT2D eigenvalue weighted by Crippen LogP contribution is -2.29. The molecule has 1 aliphatic heterocycles. The van der Waals surface area contributed by atoms with Gasteiger partial charge in [-0.3, -0.25) is 9.58 Å². The molecule has 2 rings (SSSR count). The first-order valence-corrected chi connectivity index (χ1v) is 7.66. The first kappa shape index (κ1) is 15.5. The summed E-state index contributed by atoms with van der Waals surface area (Å²) in [6.45, 7) is 7.21. The molecule has 0 aliphatic carbocycles. The molecule has 114 valence electrons. The van der Waals surface area contributed by atoms with Crippen LogP contribution < -0.4 is 0 Å². The van der Waals surface area contributed by atoms with Gasteiger partial charge in [0.1, 0.15) is 0 Å². The zero-order valence-corrected chi connectivity index (χ0v) is 12.7. The van der Waals surface area contributed by atoms with E-state index in [0.29, 0.717) is 12.6 Å². The van der Waals surface area contributed by atoms with Crippen molar-refractivity contribution in [2.45, 2.75) is 58.7 Å². The number of aryl methyl sites for hydroxylation is 1. The van der Waals surface area contributed by atoms with Gasteiger partial charge in [-0.25, -0.2) is 0 Å². The SMILES string of the molecule is Cc1nn(CCO)c(C)c1CN1CCCC1CCCO. The minimum atomic E-state index is 0.129. The van der Waals surface area contributed by atoms with E-state index in [-0.39, 0.29) is 13.2 Å². The molecule has 0 amide bonds. The standard InChI is InChI=1S/C15H27N3O2/c1-12-15(13(2)18(16-12)8-10-20)11-17-7-3-5-14(17)6-4-9-19/h14,19-20H,3-11H2,1-2H3. The minimum Gasteiger partial charge on any atom is -0.396 e. The van der Waals surface area contributed by atoms with Crippen LogP contribution in [0.25, 0.3) is 0 Å². The molecular weight excluding hydrogens is 254 g/mol. The Morgan fingerprint density at radius 3 is 2.75 bits per heavy atom. The maximum atomic E-state index is 9.07. The molecule has 0 bridgehead atoms. The van der Waals surface area contributed by atoms with Crippen molar-refractivity contribution >= 4 is 0 Å². The number of aliphatic hydroxyl groups is 2. The third kappa shape index (κ3) is 3.40. The Bertz CT molecular complexity index is 431. The lowest BCUT2D eigenvalue weighted by atomic mass is 10.1. The smallest absolute Gasteiger partial charge is 0.0644 e. The van der Waals surface area contributed by atoms with Crippen molar-refractivity contribution < 1.29 is 10.2 Å². The Hall–Kier alpha value is -0.910. The average Bonchev–Trinajstić information content (AvgIpc) is 2.97. The minimum absolute atomic E-state index is 0.129. The fourth-order valence-corrected chi connectivity index (χ4v) is 3.24. The first-order chi connectivity index (χ1) is 9.67. The van der Waals surface area contributed by atoms with E-state index in [1.54, 1.807) is 0 Å². The molecular formula is C15H27N3O2. The fourth-order valence-electron chi connectivity index (χ4n) is 3.24. The van der Waals surface area contributed by atoms with Gasteiger partial charge in [0.25, 0.3) is 0 Å². The first-order valence-electron chi connectivity index (χ1n) is 7.66. The number of hydrogen-bond donors (Lipinski definition) is 2. The van der Waals surface area contributed by atoms with E-state index < -0.39 is 0 Å². The van der Waals surface area contributed by atoms with Crippen LogP contribution in [0, 0.1) is 13.8 Å². The van der Waals surface area contributed by atoms with Gasteiger partial charge in [-0.05, 0) is 46.1 Å². The normalized spacial score (nSPS) is 19.9. The Kier molecular flexibility index (Phi) is 5.57. The van der Waals surface area contributed by atoms with Gasteiger partial charge in [0.05, 0.1) is 18.8 Å². The second kappa shape index (κ2) is 7.20. The van der Waals surface area contributed by atoms with Crippen LogP contribution in [-0.2, 0) is 13.1 Å². The van der Waals surface area contributed by atoms with Crippen LogP contribution in [0.3, 0.4) is 0 Å². The second-order valence-corrected chi connectivity index (χ2v) is 5.73. The number of rotatable bonds is 7. The number of nitrogens with zero attached hydrogens (tertiary/aromatic N) is 3. The lowest BCUT2D eigenvalue weighted by Gasteiger charge is -2.24. The van der Waals surface area contributed by atoms with Crippen LogP contribution in [0.1, 0.15) is 42.6 Å². The van der Waals surface area contributed by atoms with Gasteiger partial charge in [-0.1, -0.05) is 0 Å². The zero-order chi connectivity index (χ0) is 14.5. The quantitative estimate of drug-likeness (QED) is 0.789. The van der Waals surface area contributed by atoms with Gasteiger partial charge < -0.3 is 10.2 Å². The lowest BCUT2D eigenvalue weighted by molar-refractivity contribution is 0.209. The Morgan fingerprint density at radius 1 is 1.25 bits per heavy atom. The van der Waals surface area contributed by atoms with Crippen molar-refractivity contribution in [2.24, 2.45) is 0 Å². The Morgan fingerprint density at radius 2 is 2.05 bits per heavy atom. The summed E-state index contributed by atoms with van der Waals surface area (Å²) in [5.74, 6) is 0. The molecule has 1 atom stereocenters. The number of likely N-dealkylation sites (tertiary alicyclic amines) is 1. The van der Waals surface area contributed by atoms with Gasteiger partial charge in [-0.15, -0.1) is 0 Å². The monoisotopic (exact) mass is 281 g/mol. The van der Waals surface area contributed by atoms with Gasteiger partial charge in [0.15, 0.2) is 0 Å². The van der Waals surface area contributed by atoms with E-state index in [0.717, 1.165) is 31.6 Å². The van der Waals surface area contributed by atoms with E-state index in [1.807, 2.05) is 4.68 Å². The molecule has 0 saturated carbocycles. The van der Waals surface area contributed by atoms with Gasteiger partial charge in [0, 0.05) is 30.5 Å². The summed E-state index contributed by atoms with van der Waals surface area (Å²) in [6, 6.07) is 0.599. The molecule has 1 unspecified atom stereocenters. The second-order valence-electron chi connectivity index (χ2n) is 5.73. The summed E-state index contributed by atoms with van der Waals surface area (Å²) in [6.07, 6.45) is 4.46. The van der Waals surface area contributed by atoms with Gasteiger partial charge in [0.2, 0.25) is 0 Å². The number of aromatic nitrogens is 2. The van der Waals surface area contributed by atoms with Crippen LogP contribution in [0.5, 0.6) is 0 Å². The molecule has 2 N–H and O–H groups in total. The van der Waals surface area contributed by atoms with Crippen molar-refractivity contribution in [3.05, 3.63) is 17.0 Å². The van der Waals surface area contributed by atoms with Crippen LogP contribution in [0.2, 0.25) is 0 Å². The van der Waals surface area contributed by atoms with Gasteiger partial charge >= 0.3 is 0 Å². The third-order valence-corrected chi connectivity index (χ3v) is 4.40. The van der Waals surface area contributed by atoms with E-state index in [9.17, 15) is 0 Å². The molecule has 5 heteroatoms. The molecule has 5 nitrogen and oxygen atoms in total. The summed E-state index contributed by atoms with van der Waals surface area (Å²) in [7, 11) is 0. The van der Waals surface area contributed by atoms with E-state index >= 15 is 0 Å². The van der Waals surface area contributed by atoms with Crippen molar-refractivity contribution in [2.75, 3.05) is 19.8 Å². The highest BCUT2D eigenvalue weighted by Crippen LogP contribution is 2.25. The zero-order valence-electron chi connectivity index (χ0n) is 12.7. The number of hydrogen-bond acceptors (Lipinski definition) is 4. The van der Waals surface area contributed by atoms with Crippen LogP contribution >= 0.6 is 0 Å². The molecule has 0 spiro atoms. The number of aliphatic hydroxyl groups excluding tert-OH is 2. The summed E-state index contributed by atoms with van der Waals surface area (Å²) >= 11 is 0.